The molecule has 114 valence electrons. The molecule has 0 bridgehead atoms. The first-order chi connectivity index (χ1) is 10.7. The van der Waals surface area contributed by atoms with E-state index < -0.39 is 0 Å². The van der Waals surface area contributed by atoms with Gasteiger partial charge in [-0.05, 0) is 24.1 Å². The molecule has 2 rings (SSSR count). The van der Waals surface area contributed by atoms with Crippen LogP contribution >= 0.6 is 0 Å². The molecule has 4 heteroatoms. The molecule has 0 aliphatic carbocycles. The fourth-order valence-electron chi connectivity index (χ4n) is 2.09. The third-order valence-corrected chi connectivity index (χ3v) is 3.25. The number of benzene rings is 2. The summed E-state index contributed by atoms with van der Waals surface area (Å²) >= 11 is 0. The Labute approximate surface area is 130 Å². The number of carbonyl (C=O) groups excluding carboxylic acids is 2. The van der Waals surface area contributed by atoms with Crippen LogP contribution in [0, 0.1) is 0 Å². The third-order valence-electron chi connectivity index (χ3n) is 3.25. The summed E-state index contributed by atoms with van der Waals surface area (Å²) in [5.41, 5.74) is 1.82. The van der Waals surface area contributed by atoms with Gasteiger partial charge in [0.15, 0.2) is 0 Å². The first-order valence-corrected chi connectivity index (χ1v) is 7.41. The summed E-state index contributed by atoms with van der Waals surface area (Å²) in [6, 6.07) is 16.5. The lowest BCUT2D eigenvalue weighted by atomic mass is 10.1. The van der Waals surface area contributed by atoms with Crippen molar-refractivity contribution < 1.29 is 9.59 Å². The molecule has 2 aromatic rings. The van der Waals surface area contributed by atoms with E-state index in [0.717, 1.165) is 12.0 Å². The first kappa shape index (κ1) is 15.8. The van der Waals surface area contributed by atoms with Gasteiger partial charge in [-0.3, -0.25) is 9.59 Å². The number of hydrogen-bond acceptors (Lipinski definition) is 2. The Balaban J connectivity index is 2.07. The molecule has 0 heterocycles. The Morgan fingerprint density at radius 2 is 1.36 bits per heavy atom. The van der Waals surface area contributed by atoms with E-state index in [1.54, 1.807) is 24.3 Å². The zero-order chi connectivity index (χ0) is 15.8. The van der Waals surface area contributed by atoms with Crippen LogP contribution in [0.1, 0.15) is 39.6 Å². The fraction of sp³-hybridized carbons (Fsp3) is 0.222. The number of rotatable bonds is 6. The van der Waals surface area contributed by atoms with Gasteiger partial charge in [0.2, 0.25) is 0 Å². The first-order valence-electron chi connectivity index (χ1n) is 7.41. The van der Waals surface area contributed by atoms with Crippen molar-refractivity contribution in [3.63, 3.8) is 0 Å². The van der Waals surface area contributed by atoms with Crippen LogP contribution in [-0.2, 0) is 6.54 Å². The average Bonchev–Trinajstić information content (AvgIpc) is 2.58. The minimum atomic E-state index is -0.244. The van der Waals surface area contributed by atoms with Crippen LogP contribution in [0.4, 0.5) is 0 Å². The summed E-state index contributed by atoms with van der Waals surface area (Å²) in [5.74, 6) is -0.460. The van der Waals surface area contributed by atoms with Crippen LogP contribution in [0.3, 0.4) is 0 Å². The highest BCUT2D eigenvalue weighted by Crippen LogP contribution is 2.09. The van der Waals surface area contributed by atoms with Crippen LogP contribution < -0.4 is 10.6 Å². The molecule has 0 fully saturated rings. The van der Waals surface area contributed by atoms with Crippen molar-refractivity contribution in [2.75, 3.05) is 6.54 Å². The van der Waals surface area contributed by atoms with Gasteiger partial charge in [0.05, 0.1) is 11.1 Å². The highest BCUT2D eigenvalue weighted by Gasteiger charge is 2.15. The molecule has 0 saturated carbocycles. The summed E-state index contributed by atoms with van der Waals surface area (Å²) < 4.78 is 0. The second kappa shape index (κ2) is 7.98. The molecule has 0 aliphatic heterocycles. The maximum Gasteiger partial charge on any atom is 0.252 e. The van der Waals surface area contributed by atoms with Crippen molar-refractivity contribution in [3.8, 4) is 0 Å². The van der Waals surface area contributed by atoms with Crippen molar-refractivity contribution in [2.45, 2.75) is 19.9 Å². The van der Waals surface area contributed by atoms with Gasteiger partial charge in [-0.2, -0.15) is 0 Å². The van der Waals surface area contributed by atoms with Crippen LogP contribution in [0.15, 0.2) is 54.6 Å². The second-order valence-corrected chi connectivity index (χ2v) is 4.97. The molecule has 2 N–H and O–H groups in total. The standard InChI is InChI=1S/C18H20N2O2/c1-2-12-19-17(21)15-10-6-7-11-16(15)18(22)20-13-14-8-4-3-5-9-14/h3-11H,2,12-13H2,1H3,(H,19,21)(H,20,22). The topological polar surface area (TPSA) is 58.2 Å². The van der Waals surface area contributed by atoms with Crippen molar-refractivity contribution in [1.29, 1.82) is 0 Å². The van der Waals surface area contributed by atoms with Crippen molar-refractivity contribution in [1.82, 2.24) is 10.6 Å². The van der Waals surface area contributed by atoms with E-state index in [0.29, 0.717) is 24.2 Å². The van der Waals surface area contributed by atoms with Gasteiger partial charge in [-0.1, -0.05) is 49.4 Å². The third kappa shape index (κ3) is 4.19. The van der Waals surface area contributed by atoms with Crippen molar-refractivity contribution >= 4 is 11.8 Å². The normalized spacial score (nSPS) is 10.0. The molecule has 0 aromatic heterocycles. The Kier molecular flexibility index (Phi) is 5.72. The second-order valence-electron chi connectivity index (χ2n) is 4.97. The van der Waals surface area contributed by atoms with Gasteiger partial charge in [0, 0.05) is 13.1 Å². The molecule has 0 saturated heterocycles. The largest absolute Gasteiger partial charge is 0.352 e. The highest BCUT2D eigenvalue weighted by atomic mass is 16.2. The molecule has 2 amide bonds. The Morgan fingerprint density at radius 3 is 1.95 bits per heavy atom. The fourth-order valence-corrected chi connectivity index (χ4v) is 2.09. The van der Waals surface area contributed by atoms with E-state index >= 15 is 0 Å². The molecule has 0 unspecified atom stereocenters. The van der Waals surface area contributed by atoms with E-state index in [-0.39, 0.29) is 11.8 Å². The minimum absolute atomic E-state index is 0.215. The molecule has 0 aliphatic rings. The zero-order valence-corrected chi connectivity index (χ0v) is 12.6. The Bertz CT molecular complexity index is 639. The van der Waals surface area contributed by atoms with E-state index in [9.17, 15) is 9.59 Å². The monoisotopic (exact) mass is 296 g/mol. The molecule has 0 radical (unpaired) electrons. The molecule has 22 heavy (non-hydrogen) atoms. The predicted octanol–water partition coefficient (Wildman–Crippen LogP) is 2.76. The minimum Gasteiger partial charge on any atom is -0.352 e. The van der Waals surface area contributed by atoms with Crippen molar-refractivity contribution in [3.05, 3.63) is 71.3 Å². The quantitative estimate of drug-likeness (QED) is 0.861. The molecule has 2 aromatic carbocycles. The number of nitrogens with one attached hydrogen (secondary N) is 2. The number of carbonyl (C=O) groups is 2. The summed E-state index contributed by atoms with van der Waals surface area (Å²) in [6.07, 6.45) is 0.855. The van der Waals surface area contributed by atoms with Gasteiger partial charge in [-0.25, -0.2) is 0 Å². The molecular formula is C18H20N2O2. The molecular weight excluding hydrogens is 276 g/mol. The molecule has 0 spiro atoms. The van der Waals surface area contributed by atoms with Crippen molar-refractivity contribution in [2.24, 2.45) is 0 Å². The lowest BCUT2D eigenvalue weighted by molar-refractivity contribution is 0.0918. The lowest BCUT2D eigenvalue weighted by Gasteiger charge is -2.10. The summed E-state index contributed by atoms with van der Waals surface area (Å²) in [5, 5.41) is 5.65. The van der Waals surface area contributed by atoms with Crippen LogP contribution in [-0.4, -0.2) is 18.4 Å². The number of hydrogen-bond donors (Lipinski definition) is 2. The number of amides is 2. The van der Waals surface area contributed by atoms with E-state index in [1.807, 2.05) is 37.3 Å². The van der Waals surface area contributed by atoms with E-state index in [4.69, 9.17) is 0 Å². The highest BCUT2D eigenvalue weighted by molar-refractivity contribution is 6.07. The summed E-state index contributed by atoms with van der Waals surface area (Å²) in [6.45, 7) is 3.02. The van der Waals surface area contributed by atoms with E-state index in [2.05, 4.69) is 10.6 Å². The summed E-state index contributed by atoms with van der Waals surface area (Å²) in [7, 11) is 0. The zero-order valence-electron chi connectivity index (χ0n) is 12.6. The SMILES string of the molecule is CCCNC(=O)c1ccccc1C(=O)NCc1ccccc1. The summed E-state index contributed by atoms with van der Waals surface area (Å²) in [4.78, 5) is 24.4. The molecule has 0 atom stereocenters. The Morgan fingerprint density at radius 1 is 0.818 bits per heavy atom. The van der Waals surface area contributed by atoms with Crippen LogP contribution in [0.25, 0.3) is 0 Å². The van der Waals surface area contributed by atoms with E-state index in [1.165, 1.54) is 0 Å². The lowest BCUT2D eigenvalue weighted by Crippen LogP contribution is -2.29. The maximum absolute atomic E-state index is 12.3. The predicted molar refractivity (Wildman–Crippen MR) is 86.7 cm³/mol. The maximum atomic E-state index is 12.3. The van der Waals surface area contributed by atoms with Gasteiger partial charge in [0.1, 0.15) is 0 Å². The van der Waals surface area contributed by atoms with Crippen LogP contribution in [0.2, 0.25) is 0 Å². The van der Waals surface area contributed by atoms with Gasteiger partial charge >= 0.3 is 0 Å². The van der Waals surface area contributed by atoms with Gasteiger partial charge in [-0.15, -0.1) is 0 Å². The average molecular weight is 296 g/mol. The van der Waals surface area contributed by atoms with Gasteiger partial charge in [0.25, 0.3) is 11.8 Å². The van der Waals surface area contributed by atoms with Crippen LogP contribution in [0.5, 0.6) is 0 Å². The van der Waals surface area contributed by atoms with Gasteiger partial charge < -0.3 is 10.6 Å². The molecule has 4 nitrogen and oxygen atoms in total. The smallest absolute Gasteiger partial charge is 0.252 e. The Hall–Kier alpha value is -2.62.